The fourth-order valence-corrected chi connectivity index (χ4v) is 2.24. The van der Waals surface area contributed by atoms with Crippen molar-refractivity contribution in [3.8, 4) is 6.07 Å². The lowest BCUT2D eigenvalue weighted by molar-refractivity contribution is 0.100. The lowest BCUT2D eigenvalue weighted by Gasteiger charge is -2.21. The van der Waals surface area contributed by atoms with Gasteiger partial charge in [-0.15, -0.1) is 0 Å². The molecule has 0 saturated heterocycles. The molecule has 1 amide bonds. The van der Waals surface area contributed by atoms with Crippen LogP contribution >= 0.6 is 35.4 Å². The lowest BCUT2D eigenvalue weighted by atomic mass is 10.2. The summed E-state index contributed by atoms with van der Waals surface area (Å²) in [6.45, 7) is 0. The number of benzene rings is 2. The summed E-state index contributed by atoms with van der Waals surface area (Å²) in [5.41, 5.74) is 0.725. The van der Waals surface area contributed by atoms with Crippen LogP contribution in [0.5, 0.6) is 0 Å². The largest absolute Gasteiger partial charge is 0.268 e. The lowest BCUT2D eigenvalue weighted by Crippen LogP contribution is -2.35. The first-order valence-corrected chi connectivity index (χ1v) is 6.99. The number of nitrogens with zero attached hydrogens (tertiary/aromatic N) is 2. The Morgan fingerprint density at radius 2 is 1.71 bits per heavy atom. The smallest absolute Gasteiger partial charge is 0.264 e. The Morgan fingerprint density at radius 1 is 1.10 bits per heavy atom. The van der Waals surface area contributed by atoms with Crippen molar-refractivity contribution in [1.29, 1.82) is 5.26 Å². The summed E-state index contributed by atoms with van der Waals surface area (Å²) in [5, 5.41) is 9.89. The van der Waals surface area contributed by atoms with Gasteiger partial charge in [-0.3, -0.25) is 9.69 Å². The number of carbonyl (C=O) groups is 1. The van der Waals surface area contributed by atoms with Gasteiger partial charge in [0.15, 0.2) is 4.99 Å². The van der Waals surface area contributed by atoms with Gasteiger partial charge in [0.25, 0.3) is 5.91 Å². The molecule has 0 N–H and O–H groups in total. The molecule has 0 aliphatic heterocycles. The summed E-state index contributed by atoms with van der Waals surface area (Å²) in [6, 6.07) is 14.8. The summed E-state index contributed by atoms with van der Waals surface area (Å²) >= 11 is 16.9. The van der Waals surface area contributed by atoms with E-state index >= 15 is 0 Å². The van der Waals surface area contributed by atoms with E-state index in [-0.39, 0.29) is 4.99 Å². The van der Waals surface area contributed by atoms with Crippen LogP contribution in [0, 0.1) is 11.3 Å². The average molecular weight is 335 g/mol. The van der Waals surface area contributed by atoms with E-state index in [0.29, 0.717) is 21.3 Å². The first-order chi connectivity index (χ1) is 10.0. The highest BCUT2D eigenvalue weighted by Crippen LogP contribution is 2.27. The van der Waals surface area contributed by atoms with E-state index in [1.165, 1.54) is 0 Å². The number of amides is 1. The van der Waals surface area contributed by atoms with Crippen LogP contribution < -0.4 is 4.90 Å². The molecule has 104 valence electrons. The fourth-order valence-electron chi connectivity index (χ4n) is 1.72. The Morgan fingerprint density at radius 3 is 2.29 bits per heavy atom. The number of hydrogen-bond acceptors (Lipinski definition) is 3. The molecule has 0 spiro atoms. The van der Waals surface area contributed by atoms with Crippen LogP contribution in [0.1, 0.15) is 10.4 Å². The summed E-state index contributed by atoms with van der Waals surface area (Å²) in [4.78, 5) is 13.5. The molecule has 0 heterocycles. The molecule has 0 unspecified atom stereocenters. The Bertz CT molecular complexity index is 738. The van der Waals surface area contributed by atoms with E-state index in [0.717, 1.165) is 4.90 Å². The van der Waals surface area contributed by atoms with Gasteiger partial charge in [-0.1, -0.05) is 35.3 Å². The molecule has 6 heteroatoms. The van der Waals surface area contributed by atoms with Crippen molar-refractivity contribution in [2.24, 2.45) is 0 Å². The van der Waals surface area contributed by atoms with Crippen molar-refractivity contribution in [2.45, 2.75) is 0 Å². The summed E-state index contributed by atoms with van der Waals surface area (Å²) in [5.74, 6) is -0.439. The van der Waals surface area contributed by atoms with Gasteiger partial charge in [0.2, 0.25) is 0 Å². The molecule has 2 rings (SSSR count). The average Bonchev–Trinajstić information content (AvgIpc) is 2.49. The normalized spacial score (nSPS) is 9.76. The number of thiocarbonyl (C=S) groups is 1. The molecule has 0 atom stereocenters. The van der Waals surface area contributed by atoms with Crippen molar-refractivity contribution < 1.29 is 4.79 Å². The minimum Gasteiger partial charge on any atom is -0.268 e. The third kappa shape index (κ3) is 3.40. The molecular weight excluding hydrogens is 327 g/mol. The van der Waals surface area contributed by atoms with Gasteiger partial charge in [-0.05, 0) is 48.6 Å². The predicted octanol–water partition coefficient (Wildman–Crippen LogP) is 4.49. The second-order valence-corrected chi connectivity index (χ2v) is 5.25. The highest BCUT2D eigenvalue weighted by atomic mass is 35.5. The second kappa shape index (κ2) is 6.68. The number of rotatable bonds is 2. The van der Waals surface area contributed by atoms with Crippen LogP contribution in [0.25, 0.3) is 0 Å². The first-order valence-electron chi connectivity index (χ1n) is 5.83. The standard InChI is InChI=1S/C15H8Cl2N2OS/c16-11-7-5-10(6-8-11)15(20)19(14(21)9-18)13-4-2-1-3-12(13)17/h1-8H. The molecule has 0 radical (unpaired) electrons. The molecule has 0 bridgehead atoms. The van der Waals surface area contributed by atoms with E-state index < -0.39 is 5.91 Å². The number of nitriles is 1. The maximum absolute atomic E-state index is 12.6. The molecule has 0 fully saturated rings. The topological polar surface area (TPSA) is 44.1 Å². The van der Waals surface area contributed by atoms with Crippen LogP contribution in [-0.2, 0) is 0 Å². The van der Waals surface area contributed by atoms with Gasteiger partial charge < -0.3 is 0 Å². The summed E-state index contributed by atoms with van der Waals surface area (Å²) in [6.07, 6.45) is 0. The maximum atomic E-state index is 12.6. The van der Waals surface area contributed by atoms with E-state index in [1.54, 1.807) is 54.6 Å². The number of carbonyl (C=O) groups excluding carboxylic acids is 1. The molecule has 2 aromatic carbocycles. The highest BCUT2D eigenvalue weighted by Gasteiger charge is 2.23. The van der Waals surface area contributed by atoms with Gasteiger partial charge in [0.05, 0.1) is 10.7 Å². The second-order valence-electron chi connectivity index (χ2n) is 4.02. The Kier molecular flexibility index (Phi) is 4.92. The molecule has 0 aliphatic carbocycles. The van der Waals surface area contributed by atoms with Gasteiger partial charge in [0.1, 0.15) is 6.07 Å². The Balaban J connectivity index is 2.49. The number of halogens is 2. The van der Waals surface area contributed by atoms with Crippen molar-refractivity contribution in [2.75, 3.05) is 4.90 Å². The maximum Gasteiger partial charge on any atom is 0.264 e. The quantitative estimate of drug-likeness (QED) is 0.760. The Hall–Kier alpha value is -1.93. The predicted molar refractivity (Wildman–Crippen MR) is 87.9 cm³/mol. The van der Waals surface area contributed by atoms with Crippen molar-refractivity contribution in [1.82, 2.24) is 0 Å². The minimum absolute atomic E-state index is 0.178. The van der Waals surface area contributed by atoms with E-state index in [1.807, 2.05) is 0 Å². The van der Waals surface area contributed by atoms with Gasteiger partial charge in [0, 0.05) is 10.6 Å². The van der Waals surface area contributed by atoms with Gasteiger partial charge >= 0.3 is 0 Å². The van der Waals surface area contributed by atoms with Crippen molar-refractivity contribution in [3.63, 3.8) is 0 Å². The zero-order valence-corrected chi connectivity index (χ0v) is 12.9. The third-order valence-corrected chi connectivity index (χ3v) is 3.53. The zero-order chi connectivity index (χ0) is 15.4. The van der Waals surface area contributed by atoms with Gasteiger partial charge in [-0.25, -0.2) is 0 Å². The molecule has 0 aromatic heterocycles. The van der Waals surface area contributed by atoms with E-state index in [4.69, 9.17) is 40.7 Å². The van der Waals surface area contributed by atoms with Crippen molar-refractivity contribution in [3.05, 3.63) is 64.1 Å². The molecule has 0 saturated carbocycles. The zero-order valence-electron chi connectivity index (χ0n) is 10.6. The number of hydrogen-bond donors (Lipinski definition) is 0. The van der Waals surface area contributed by atoms with Gasteiger partial charge in [-0.2, -0.15) is 5.26 Å². The van der Waals surface area contributed by atoms with E-state index in [2.05, 4.69) is 0 Å². The van der Waals surface area contributed by atoms with Crippen LogP contribution in [0.2, 0.25) is 10.0 Å². The van der Waals surface area contributed by atoms with Crippen LogP contribution in [0.3, 0.4) is 0 Å². The van der Waals surface area contributed by atoms with Crippen molar-refractivity contribution >= 4 is 52.0 Å². The summed E-state index contributed by atoms with van der Waals surface area (Å²) in [7, 11) is 0. The Labute approximate surface area is 137 Å². The molecule has 3 nitrogen and oxygen atoms in total. The van der Waals surface area contributed by atoms with Crippen LogP contribution in [0.4, 0.5) is 5.69 Å². The molecule has 0 aliphatic rings. The SMILES string of the molecule is N#CC(=S)N(C(=O)c1ccc(Cl)cc1)c1ccccc1Cl. The number of anilines is 1. The summed E-state index contributed by atoms with van der Waals surface area (Å²) < 4.78 is 0. The van der Waals surface area contributed by atoms with E-state index in [9.17, 15) is 4.79 Å². The third-order valence-electron chi connectivity index (χ3n) is 2.69. The fraction of sp³-hybridized carbons (Fsp3) is 0. The molecule has 21 heavy (non-hydrogen) atoms. The molecule has 2 aromatic rings. The van der Waals surface area contributed by atoms with Crippen LogP contribution in [0.15, 0.2) is 48.5 Å². The monoisotopic (exact) mass is 334 g/mol. The minimum atomic E-state index is -0.439. The first kappa shape index (κ1) is 15.5. The highest BCUT2D eigenvalue weighted by molar-refractivity contribution is 7.81. The molecular formula is C15H8Cl2N2OS. The number of para-hydroxylation sites is 1. The van der Waals surface area contributed by atoms with Crippen LogP contribution in [-0.4, -0.2) is 10.9 Å².